The summed E-state index contributed by atoms with van der Waals surface area (Å²) in [4.78, 5) is -2.92. The third-order valence-electron chi connectivity index (χ3n) is 10.9. The summed E-state index contributed by atoms with van der Waals surface area (Å²) in [5.41, 5.74) is 0.400. The van der Waals surface area contributed by atoms with E-state index in [2.05, 4.69) is 20.8 Å². The Morgan fingerprint density at radius 2 is 1.62 bits per heavy atom. The van der Waals surface area contributed by atoms with Gasteiger partial charge in [0, 0.05) is 32.5 Å². The highest BCUT2D eigenvalue weighted by molar-refractivity contribution is 6.52. The lowest BCUT2D eigenvalue weighted by Gasteiger charge is -2.44. The summed E-state index contributed by atoms with van der Waals surface area (Å²) >= 11 is 27.9. The summed E-state index contributed by atoms with van der Waals surface area (Å²) in [5.74, 6) is -1.65. The number of halogens is 4. The number of alkyl halides is 2. The minimum Gasteiger partial charge on any atom is -0.389 e. The van der Waals surface area contributed by atoms with Crippen LogP contribution in [0.4, 0.5) is 0 Å². The highest BCUT2D eigenvalue weighted by Crippen LogP contribution is 2.76. The van der Waals surface area contributed by atoms with Crippen molar-refractivity contribution in [2.45, 2.75) is 80.2 Å². The van der Waals surface area contributed by atoms with Crippen molar-refractivity contribution < 1.29 is 24.1 Å². The molecule has 11 atom stereocenters. The van der Waals surface area contributed by atoms with Gasteiger partial charge in [-0.05, 0) is 35.5 Å². The quantitative estimate of drug-likeness (QED) is 0.287. The van der Waals surface area contributed by atoms with Crippen LogP contribution in [0.25, 0.3) is 0 Å². The first-order chi connectivity index (χ1) is 15.9. The van der Waals surface area contributed by atoms with E-state index in [-0.39, 0.29) is 33.3 Å². The third kappa shape index (κ3) is 2.37. The van der Waals surface area contributed by atoms with Crippen molar-refractivity contribution in [1.82, 2.24) is 0 Å². The Morgan fingerprint density at radius 3 is 2.21 bits per heavy atom. The maximum absolute atomic E-state index is 11.0. The lowest BCUT2D eigenvalue weighted by atomic mass is 9.70. The summed E-state index contributed by atoms with van der Waals surface area (Å²) in [7, 11) is 2.92. The minimum absolute atomic E-state index is 0.141. The molecule has 9 heteroatoms. The van der Waals surface area contributed by atoms with Crippen molar-refractivity contribution >= 4 is 46.4 Å². The van der Waals surface area contributed by atoms with Crippen LogP contribution in [0.5, 0.6) is 0 Å². The molecule has 0 radical (unpaired) electrons. The molecule has 1 aliphatic heterocycles. The Bertz CT molecular complexity index is 980. The standard InChI is InChI=1S/C25H32Cl4O5/c1-21(2)12-8-9-22(21,3)20-11(12)10-15(34-20)33-14-7-6-13(30)16-17(14)24(29)19(27)18(26)23(16,28)25(24,31-4)32-5/h6-7,11-17,20,30H,8-10H2,1-5H3/t11-,12+,13-,14+,15-,16-,17+,20-,22-,23-,24+/m0/s1. The molecule has 5 nitrogen and oxygen atoms in total. The zero-order valence-corrected chi connectivity index (χ0v) is 23.0. The lowest BCUT2D eigenvalue weighted by molar-refractivity contribution is -0.225. The van der Waals surface area contributed by atoms with Crippen molar-refractivity contribution in [2.75, 3.05) is 14.2 Å². The van der Waals surface area contributed by atoms with Crippen LogP contribution < -0.4 is 0 Å². The number of methoxy groups -OCH3 is 2. The minimum atomic E-state index is -1.58. The average Bonchev–Trinajstić information content (AvgIpc) is 3.44. The predicted octanol–water partition coefficient (Wildman–Crippen LogP) is 5.38. The van der Waals surface area contributed by atoms with Crippen LogP contribution in [0.1, 0.15) is 40.0 Å². The Kier molecular flexibility index (Phi) is 5.31. The zero-order valence-electron chi connectivity index (χ0n) is 20.0. The predicted molar refractivity (Wildman–Crippen MR) is 131 cm³/mol. The van der Waals surface area contributed by atoms with Crippen LogP contribution in [0.15, 0.2) is 22.2 Å². The van der Waals surface area contributed by atoms with Crippen LogP contribution in [-0.4, -0.2) is 59.5 Å². The molecule has 4 fully saturated rings. The molecule has 1 saturated heterocycles. The second-order valence-corrected chi connectivity index (χ2v) is 13.7. The maximum atomic E-state index is 11.0. The lowest BCUT2D eigenvalue weighted by Crippen LogP contribution is -2.58. The second kappa shape index (κ2) is 7.30. The van der Waals surface area contributed by atoms with Gasteiger partial charge >= 0.3 is 0 Å². The molecular weight excluding hydrogens is 522 g/mol. The van der Waals surface area contributed by atoms with Gasteiger partial charge in [0.25, 0.3) is 0 Å². The molecule has 0 amide bonds. The summed E-state index contributed by atoms with van der Waals surface area (Å²) in [6, 6.07) is 0. The van der Waals surface area contributed by atoms with Gasteiger partial charge in [0.15, 0.2) is 6.29 Å². The van der Waals surface area contributed by atoms with Crippen molar-refractivity contribution in [3.8, 4) is 0 Å². The number of rotatable bonds is 4. The van der Waals surface area contributed by atoms with Gasteiger partial charge in [-0.15, -0.1) is 23.2 Å². The van der Waals surface area contributed by atoms with E-state index in [1.165, 1.54) is 27.1 Å². The van der Waals surface area contributed by atoms with Gasteiger partial charge in [-0.2, -0.15) is 0 Å². The summed E-state index contributed by atoms with van der Waals surface area (Å²) < 4.78 is 24.9. The molecule has 0 spiro atoms. The molecule has 1 heterocycles. The third-order valence-corrected chi connectivity index (χ3v) is 13.5. The van der Waals surface area contributed by atoms with Gasteiger partial charge in [0.1, 0.15) is 9.75 Å². The fraction of sp³-hybridized carbons (Fsp3) is 0.840. The first-order valence-electron chi connectivity index (χ1n) is 12.1. The number of aliphatic hydroxyl groups is 1. The van der Waals surface area contributed by atoms with Gasteiger partial charge in [-0.25, -0.2) is 0 Å². The van der Waals surface area contributed by atoms with E-state index in [4.69, 9.17) is 65.4 Å². The fourth-order valence-corrected chi connectivity index (χ4v) is 11.3. The molecule has 0 unspecified atom stereocenters. The maximum Gasteiger partial charge on any atom is 0.217 e. The van der Waals surface area contributed by atoms with E-state index in [1.54, 1.807) is 6.08 Å². The van der Waals surface area contributed by atoms with E-state index >= 15 is 0 Å². The molecule has 34 heavy (non-hydrogen) atoms. The summed E-state index contributed by atoms with van der Waals surface area (Å²) in [6.07, 6.45) is 5.15. The van der Waals surface area contributed by atoms with Gasteiger partial charge in [-0.3, -0.25) is 0 Å². The Balaban J connectivity index is 1.34. The van der Waals surface area contributed by atoms with Crippen LogP contribution in [-0.2, 0) is 18.9 Å². The number of hydrogen-bond acceptors (Lipinski definition) is 5. The number of aliphatic hydroxyl groups excluding tert-OH is 1. The Morgan fingerprint density at radius 1 is 1.00 bits per heavy atom. The largest absolute Gasteiger partial charge is 0.389 e. The monoisotopic (exact) mass is 552 g/mol. The Hall–Kier alpha value is 0.440. The smallest absolute Gasteiger partial charge is 0.217 e. The normalized spacial score (nSPS) is 55.8. The summed E-state index contributed by atoms with van der Waals surface area (Å²) in [5, 5.41) is 11.3. The molecule has 1 N–H and O–H groups in total. The number of hydrogen-bond donors (Lipinski definition) is 1. The molecule has 0 aromatic heterocycles. The van der Waals surface area contributed by atoms with Gasteiger partial charge in [-0.1, -0.05) is 56.1 Å². The van der Waals surface area contributed by atoms with Crippen LogP contribution in [0.2, 0.25) is 0 Å². The SMILES string of the molecule is COC1(OC)[C@@]2(Cl)C(Cl)=C(Cl)[C@]1(Cl)[C@H]1[C@@H]2[C@@H](O)C=C[C@H]1O[C@@H]1C[C@H]2[C@H]3CC[C@@](C)([C@H]2O1)C3(C)C. The highest BCUT2D eigenvalue weighted by atomic mass is 35.5. The van der Waals surface area contributed by atoms with Crippen molar-refractivity contribution in [1.29, 1.82) is 0 Å². The van der Waals surface area contributed by atoms with E-state index in [1.807, 2.05) is 6.08 Å². The van der Waals surface area contributed by atoms with Crippen LogP contribution in [0, 0.1) is 34.5 Å². The highest BCUT2D eigenvalue weighted by Gasteiger charge is 2.86. The van der Waals surface area contributed by atoms with E-state index in [0.717, 1.165) is 6.42 Å². The van der Waals surface area contributed by atoms with Crippen molar-refractivity contribution in [3.05, 3.63) is 22.2 Å². The van der Waals surface area contributed by atoms with Gasteiger partial charge in [0.05, 0.1) is 28.4 Å². The molecule has 6 rings (SSSR count). The van der Waals surface area contributed by atoms with Crippen LogP contribution >= 0.6 is 46.4 Å². The molecule has 5 aliphatic carbocycles. The van der Waals surface area contributed by atoms with Crippen molar-refractivity contribution in [3.63, 3.8) is 0 Å². The van der Waals surface area contributed by atoms with Crippen LogP contribution in [0.3, 0.4) is 0 Å². The molecular formula is C25H32Cl4O5. The van der Waals surface area contributed by atoms with E-state index in [9.17, 15) is 5.11 Å². The average molecular weight is 554 g/mol. The van der Waals surface area contributed by atoms with Gasteiger partial charge in [0.2, 0.25) is 5.79 Å². The molecule has 0 aromatic carbocycles. The molecule has 3 saturated carbocycles. The van der Waals surface area contributed by atoms with E-state index < -0.39 is 39.6 Å². The number of fused-ring (bicyclic) bond motifs is 10. The fourth-order valence-electron chi connectivity index (χ4n) is 8.99. The summed E-state index contributed by atoms with van der Waals surface area (Å²) in [6.45, 7) is 7.14. The molecule has 6 aliphatic rings. The zero-order chi connectivity index (χ0) is 24.6. The van der Waals surface area contributed by atoms with Crippen molar-refractivity contribution in [2.24, 2.45) is 34.5 Å². The molecule has 4 bridgehead atoms. The molecule has 0 aromatic rings. The number of ether oxygens (including phenoxy) is 4. The van der Waals surface area contributed by atoms with E-state index in [0.29, 0.717) is 11.8 Å². The van der Waals surface area contributed by atoms with Gasteiger partial charge < -0.3 is 24.1 Å². The Labute approximate surface area is 221 Å². The molecule has 190 valence electrons. The first kappa shape index (κ1) is 24.8. The first-order valence-corrected chi connectivity index (χ1v) is 13.6. The second-order valence-electron chi connectivity index (χ2n) is 11.8. The topological polar surface area (TPSA) is 57.2 Å².